The summed E-state index contributed by atoms with van der Waals surface area (Å²) in [6, 6.07) is 0. The van der Waals surface area contributed by atoms with Crippen molar-refractivity contribution in [3.8, 4) is 12.3 Å². The smallest absolute Gasteiger partial charge is 0.0573 e. The van der Waals surface area contributed by atoms with Crippen LogP contribution in [-0.2, 0) is 0 Å². The van der Waals surface area contributed by atoms with E-state index in [0.717, 1.165) is 19.0 Å². The third kappa shape index (κ3) is 2.07. The van der Waals surface area contributed by atoms with Gasteiger partial charge in [-0.25, -0.2) is 0 Å². The molecular formula is C8H13N. The Morgan fingerprint density at radius 1 is 1.56 bits per heavy atom. The largest absolute Gasteiger partial charge is 0.306 e. The molecule has 50 valence electrons. The lowest BCUT2D eigenvalue weighted by Gasteiger charge is -2.24. The number of hydrogen-bond acceptors (Lipinski definition) is 1. The Morgan fingerprint density at radius 3 is 2.78 bits per heavy atom. The van der Waals surface area contributed by atoms with Crippen LogP contribution < -0.4 is 5.32 Å². The molecule has 1 saturated carbocycles. The van der Waals surface area contributed by atoms with Gasteiger partial charge in [-0.3, -0.25) is 0 Å². The third-order valence-electron chi connectivity index (χ3n) is 1.88. The summed E-state index contributed by atoms with van der Waals surface area (Å²) in [5.41, 5.74) is 0. The lowest BCUT2D eigenvalue weighted by Crippen LogP contribution is -2.27. The van der Waals surface area contributed by atoms with Gasteiger partial charge in [-0.15, -0.1) is 6.42 Å². The average Bonchev–Trinajstić information content (AvgIpc) is 1.76. The minimum absolute atomic E-state index is 0.733. The normalized spacial score (nSPS) is 18.6. The highest BCUT2D eigenvalue weighted by Gasteiger charge is 2.15. The van der Waals surface area contributed by atoms with Crippen molar-refractivity contribution < 1.29 is 0 Å². The van der Waals surface area contributed by atoms with Crippen LogP contribution >= 0.6 is 0 Å². The second-order valence-electron chi connectivity index (χ2n) is 2.63. The molecule has 0 aromatic carbocycles. The molecule has 1 fully saturated rings. The molecule has 0 atom stereocenters. The topological polar surface area (TPSA) is 12.0 Å². The van der Waals surface area contributed by atoms with Crippen molar-refractivity contribution in [3.63, 3.8) is 0 Å². The zero-order chi connectivity index (χ0) is 6.53. The summed E-state index contributed by atoms with van der Waals surface area (Å²) in [6.07, 6.45) is 9.28. The van der Waals surface area contributed by atoms with Crippen LogP contribution in [0.1, 0.15) is 19.3 Å². The van der Waals surface area contributed by atoms with E-state index in [0.29, 0.717) is 0 Å². The molecule has 0 aromatic rings. The molecule has 1 nitrogen and oxygen atoms in total. The Balaban J connectivity index is 1.87. The van der Waals surface area contributed by atoms with Crippen LogP contribution in [0.4, 0.5) is 0 Å². The predicted molar refractivity (Wildman–Crippen MR) is 39.0 cm³/mol. The van der Waals surface area contributed by atoms with Crippen molar-refractivity contribution in [1.82, 2.24) is 5.32 Å². The van der Waals surface area contributed by atoms with E-state index >= 15 is 0 Å². The predicted octanol–water partition coefficient (Wildman–Crippen LogP) is 1.01. The zero-order valence-electron chi connectivity index (χ0n) is 5.69. The molecule has 9 heavy (non-hydrogen) atoms. The van der Waals surface area contributed by atoms with Crippen LogP contribution in [0.25, 0.3) is 0 Å². The second kappa shape index (κ2) is 3.53. The first kappa shape index (κ1) is 6.64. The van der Waals surface area contributed by atoms with E-state index < -0.39 is 0 Å². The molecule has 1 aliphatic carbocycles. The van der Waals surface area contributed by atoms with E-state index in [-0.39, 0.29) is 0 Å². The molecule has 0 aromatic heterocycles. The summed E-state index contributed by atoms with van der Waals surface area (Å²) in [7, 11) is 0. The maximum Gasteiger partial charge on any atom is 0.0573 e. The Kier molecular flexibility index (Phi) is 2.60. The van der Waals surface area contributed by atoms with Crippen LogP contribution in [-0.4, -0.2) is 13.1 Å². The van der Waals surface area contributed by atoms with Crippen molar-refractivity contribution in [2.24, 2.45) is 5.92 Å². The van der Waals surface area contributed by atoms with Gasteiger partial charge in [-0.2, -0.15) is 0 Å². The van der Waals surface area contributed by atoms with E-state index in [1.165, 1.54) is 19.3 Å². The lowest BCUT2D eigenvalue weighted by atomic mass is 9.85. The average molecular weight is 123 g/mol. The van der Waals surface area contributed by atoms with Gasteiger partial charge in [0.05, 0.1) is 6.54 Å². The first-order valence-electron chi connectivity index (χ1n) is 3.57. The van der Waals surface area contributed by atoms with Gasteiger partial charge >= 0.3 is 0 Å². The zero-order valence-corrected chi connectivity index (χ0v) is 5.69. The van der Waals surface area contributed by atoms with Gasteiger partial charge in [0.1, 0.15) is 0 Å². The molecule has 0 spiro atoms. The monoisotopic (exact) mass is 123 g/mol. The van der Waals surface area contributed by atoms with Crippen LogP contribution in [0.3, 0.4) is 0 Å². The first-order valence-corrected chi connectivity index (χ1v) is 3.57. The lowest BCUT2D eigenvalue weighted by molar-refractivity contribution is 0.306. The molecule has 1 aliphatic rings. The van der Waals surface area contributed by atoms with E-state index in [1.807, 2.05) is 0 Å². The summed E-state index contributed by atoms with van der Waals surface area (Å²) >= 11 is 0. The van der Waals surface area contributed by atoms with E-state index in [4.69, 9.17) is 6.42 Å². The fourth-order valence-corrected chi connectivity index (χ4v) is 1.05. The van der Waals surface area contributed by atoms with Gasteiger partial charge in [-0.1, -0.05) is 12.3 Å². The molecule has 0 amide bonds. The van der Waals surface area contributed by atoms with Gasteiger partial charge in [-0.05, 0) is 25.3 Å². The molecule has 0 heterocycles. The van der Waals surface area contributed by atoms with Crippen molar-refractivity contribution in [2.75, 3.05) is 13.1 Å². The summed E-state index contributed by atoms with van der Waals surface area (Å²) in [4.78, 5) is 0. The highest BCUT2D eigenvalue weighted by Crippen LogP contribution is 2.24. The van der Waals surface area contributed by atoms with Crippen LogP contribution in [0.15, 0.2) is 0 Å². The van der Waals surface area contributed by atoms with Gasteiger partial charge in [0, 0.05) is 0 Å². The molecule has 1 N–H and O–H groups in total. The molecule has 0 aliphatic heterocycles. The number of rotatable bonds is 3. The van der Waals surface area contributed by atoms with Crippen LogP contribution in [0.2, 0.25) is 0 Å². The van der Waals surface area contributed by atoms with Crippen molar-refractivity contribution in [1.29, 1.82) is 0 Å². The highest BCUT2D eigenvalue weighted by atomic mass is 14.8. The van der Waals surface area contributed by atoms with Crippen LogP contribution in [0.5, 0.6) is 0 Å². The van der Waals surface area contributed by atoms with Gasteiger partial charge in [0.25, 0.3) is 0 Å². The highest BCUT2D eigenvalue weighted by molar-refractivity contribution is 4.87. The molecule has 0 unspecified atom stereocenters. The second-order valence-corrected chi connectivity index (χ2v) is 2.63. The molecule has 1 rings (SSSR count). The van der Waals surface area contributed by atoms with Crippen molar-refractivity contribution in [3.05, 3.63) is 0 Å². The fraction of sp³-hybridized carbons (Fsp3) is 0.750. The molecular weight excluding hydrogens is 110 g/mol. The number of terminal acetylenes is 1. The van der Waals surface area contributed by atoms with E-state index in [9.17, 15) is 0 Å². The standard InChI is InChI=1S/C8H13N/c1-2-6-9-7-8-4-3-5-8/h1,8-9H,3-7H2. The number of hydrogen-bond donors (Lipinski definition) is 1. The summed E-state index contributed by atoms with van der Waals surface area (Å²) in [5, 5.41) is 3.20. The van der Waals surface area contributed by atoms with E-state index in [1.54, 1.807) is 0 Å². The van der Waals surface area contributed by atoms with Gasteiger partial charge in [0.15, 0.2) is 0 Å². The Hall–Kier alpha value is -0.480. The maximum absolute atomic E-state index is 5.06. The van der Waals surface area contributed by atoms with Crippen molar-refractivity contribution in [2.45, 2.75) is 19.3 Å². The van der Waals surface area contributed by atoms with Gasteiger partial charge < -0.3 is 5.32 Å². The summed E-state index contributed by atoms with van der Waals surface area (Å²) in [6.45, 7) is 1.86. The molecule has 0 saturated heterocycles. The molecule has 1 heteroatoms. The fourth-order valence-electron chi connectivity index (χ4n) is 1.05. The quantitative estimate of drug-likeness (QED) is 0.436. The first-order chi connectivity index (χ1) is 4.43. The molecule has 0 radical (unpaired) electrons. The minimum atomic E-state index is 0.733. The van der Waals surface area contributed by atoms with Crippen molar-refractivity contribution >= 4 is 0 Å². The summed E-state index contributed by atoms with van der Waals surface area (Å²) in [5.74, 6) is 3.49. The Bertz CT molecular complexity index is 108. The van der Waals surface area contributed by atoms with Crippen LogP contribution in [0, 0.1) is 18.3 Å². The Labute approximate surface area is 56.8 Å². The Morgan fingerprint density at radius 2 is 2.33 bits per heavy atom. The minimum Gasteiger partial charge on any atom is -0.306 e. The van der Waals surface area contributed by atoms with Gasteiger partial charge in [0.2, 0.25) is 0 Å². The number of nitrogens with one attached hydrogen (secondary N) is 1. The summed E-state index contributed by atoms with van der Waals surface area (Å²) < 4.78 is 0. The molecule has 0 bridgehead atoms. The SMILES string of the molecule is C#CCNCC1CCC1. The third-order valence-corrected chi connectivity index (χ3v) is 1.88. The maximum atomic E-state index is 5.06. The van der Waals surface area contributed by atoms with E-state index in [2.05, 4.69) is 11.2 Å².